The van der Waals surface area contributed by atoms with Crippen LogP contribution in [0.25, 0.3) is 0 Å². The Balaban J connectivity index is 1.81. The van der Waals surface area contributed by atoms with E-state index in [1.807, 2.05) is 20.8 Å². The van der Waals surface area contributed by atoms with E-state index in [1.165, 1.54) is 24.4 Å². The van der Waals surface area contributed by atoms with E-state index in [-0.39, 0.29) is 11.0 Å². The zero-order valence-corrected chi connectivity index (χ0v) is 21.6. The molecular formula is C26H28ClN3O4S. The van der Waals surface area contributed by atoms with Gasteiger partial charge in [-0.25, -0.2) is 13.8 Å². The summed E-state index contributed by atoms with van der Waals surface area (Å²) in [7, 11) is -4.05. The van der Waals surface area contributed by atoms with Crippen LogP contribution < -0.4 is 14.5 Å². The predicted octanol–water partition coefficient (Wildman–Crippen LogP) is 5.09. The molecule has 9 heteroatoms. The molecule has 0 unspecified atom stereocenters. The van der Waals surface area contributed by atoms with Gasteiger partial charge < -0.3 is 4.74 Å². The lowest BCUT2D eigenvalue weighted by molar-refractivity contribution is -0.119. The lowest BCUT2D eigenvalue weighted by atomic mass is 10.2. The number of sulfonamides is 1. The van der Waals surface area contributed by atoms with Gasteiger partial charge in [0, 0.05) is 5.02 Å². The number of nitrogens with zero attached hydrogens (tertiary/aromatic N) is 2. The third-order valence-corrected chi connectivity index (χ3v) is 7.00. The number of aryl methyl sites for hydroxylation is 2. The Hall–Kier alpha value is -3.36. The number of ether oxygens (including phenoxy) is 1. The first-order chi connectivity index (χ1) is 16.6. The fraction of sp³-hybridized carbons (Fsp3) is 0.231. The van der Waals surface area contributed by atoms with Crippen molar-refractivity contribution < 1.29 is 17.9 Å². The van der Waals surface area contributed by atoms with Crippen molar-refractivity contribution in [1.82, 2.24) is 5.43 Å². The standard InChI is InChI=1S/C26H28ClN3O4S/c1-18(2)34-23-11-8-21(9-12-23)16-28-29-26(31)17-30(25-15-22(27)10-7-20(25)4)35(32,33)24-13-5-19(3)6-14-24/h5-16,18H,17H2,1-4H3,(H,29,31)/b28-16-. The number of hydrazone groups is 1. The van der Waals surface area contributed by atoms with Crippen molar-refractivity contribution in [1.29, 1.82) is 0 Å². The van der Waals surface area contributed by atoms with E-state index >= 15 is 0 Å². The Morgan fingerprint density at radius 3 is 2.34 bits per heavy atom. The molecule has 1 N–H and O–H groups in total. The Kier molecular flexibility index (Phi) is 8.53. The number of carbonyl (C=O) groups is 1. The third kappa shape index (κ3) is 7.07. The van der Waals surface area contributed by atoms with Crippen LogP contribution in [-0.2, 0) is 14.8 Å². The maximum absolute atomic E-state index is 13.5. The molecule has 1 amide bonds. The summed E-state index contributed by atoms with van der Waals surface area (Å²) in [5.41, 5.74) is 5.05. The van der Waals surface area contributed by atoms with E-state index < -0.39 is 22.5 Å². The molecule has 35 heavy (non-hydrogen) atoms. The number of nitrogens with one attached hydrogen (secondary N) is 1. The number of carbonyl (C=O) groups excluding carboxylic acids is 1. The van der Waals surface area contributed by atoms with Crippen LogP contribution in [0, 0.1) is 13.8 Å². The fourth-order valence-corrected chi connectivity index (χ4v) is 4.88. The van der Waals surface area contributed by atoms with E-state index in [2.05, 4.69) is 10.5 Å². The SMILES string of the molecule is Cc1ccc(S(=O)(=O)N(CC(=O)N/N=C\c2ccc(OC(C)C)cc2)c2cc(Cl)ccc2C)cc1. The van der Waals surface area contributed by atoms with Crippen molar-refractivity contribution >= 4 is 39.4 Å². The lowest BCUT2D eigenvalue weighted by Gasteiger charge is -2.25. The van der Waals surface area contributed by atoms with Gasteiger partial charge in [0.05, 0.1) is 22.9 Å². The molecule has 0 spiro atoms. The van der Waals surface area contributed by atoms with Gasteiger partial charge in [-0.1, -0.05) is 35.4 Å². The number of hydrogen-bond acceptors (Lipinski definition) is 5. The molecule has 0 radical (unpaired) electrons. The first kappa shape index (κ1) is 26.2. The monoisotopic (exact) mass is 513 g/mol. The predicted molar refractivity (Wildman–Crippen MR) is 140 cm³/mol. The van der Waals surface area contributed by atoms with E-state index in [4.69, 9.17) is 16.3 Å². The molecule has 0 aliphatic rings. The lowest BCUT2D eigenvalue weighted by Crippen LogP contribution is -2.40. The average Bonchev–Trinajstić information content (AvgIpc) is 2.80. The van der Waals surface area contributed by atoms with E-state index in [0.717, 1.165) is 21.2 Å². The van der Waals surface area contributed by atoms with Gasteiger partial charge in [0.25, 0.3) is 15.9 Å². The minimum Gasteiger partial charge on any atom is -0.491 e. The highest BCUT2D eigenvalue weighted by Crippen LogP contribution is 2.29. The molecule has 0 heterocycles. The third-order valence-electron chi connectivity index (χ3n) is 4.99. The molecule has 0 bridgehead atoms. The van der Waals surface area contributed by atoms with Gasteiger partial charge in [-0.15, -0.1) is 0 Å². The summed E-state index contributed by atoms with van der Waals surface area (Å²) in [6, 6.07) is 18.6. The summed E-state index contributed by atoms with van der Waals surface area (Å²) in [6.07, 6.45) is 1.54. The van der Waals surface area contributed by atoms with Crippen molar-refractivity contribution in [3.63, 3.8) is 0 Å². The minimum absolute atomic E-state index is 0.0658. The van der Waals surface area contributed by atoms with Gasteiger partial charge in [0.15, 0.2) is 0 Å². The summed E-state index contributed by atoms with van der Waals surface area (Å²) >= 11 is 6.15. The molecule has 0 atom stereocenters. The summed E-state index contributed by atoms with van der Waals surface area (Å²) in [5.74, 6) is 0.131. The largest absolute Gasteiger partial charge is 0.491 e. The topological polar surface area (TPSA) is 88.1 Å². The van der Waals surface area contributed by atoms with Crippen LogP contribution in [0.3, 0.4) is 0 Å². The van der Waals surface area contributed by atoms with Crippen molar-refractivity contribution in [3.8, 4) is 5.75 Å². The highest BCUT2D eigenvalue weighted by Gasteiger charge is 2.28. The van der Waals surface area contributed by atoms with Crippen LogP contribution in [0.15, 0.2) is 76.7 Å². The summed E-state index contributed by atoms with van der Waals surface area (Å²) < 4.78 is 33.6. The van der Waals surface area contributed by atoms with Crippen LogP contribution in [0.5, 0.6) is 5.75 Å². The van der Waals surface area contributed by atoms with Gasteiger partial charge in [0.2, 0.25) is 0 Å². The molecule has 7 nitrogen and oxygen atoms in total. The molecule has 0 saturated carbocycles. The molecule has 0 saturated heterocycles. The van der Waals surface area contributed by atoms with Crippen molar-refractivity contribution in [2.45, 2.75) is 38.7 Å². The van der Waals surface area contributed by atoms with Crippen LogP contribution >= 0.6 is 11.6 Å². The van der Waals surface area contributed by atoms with Crippen molar-refractivity contribution in [2.75, 3.05) is 10.8 Å². The van der Waals surface area contributed by atoms with Gasteiger partial charge in [0.1, 0.15) is 12.3 Å². The van der Waals surface area contributed by atoms with E-state index in [1.54, 1.807) is 55.5 Å². The summed E-state index contributed by atoms with van der Waals surface area (Å²) in [5, 5.41) is 4.33. The molecular weight excluding hydrogens is 486 g/mol. The number of hydrogen-bond donors (Lipinski definition) is 1. The molecule has 0 aliphatic carbocycles. The molecule has 3 aromatic rings. The Labute approximate surface area is 211 Å². The second-order valence-corrected chi connectivity index (χ2v) is 10.6. The molecule has 0 aliphatic heterocycles. The van der Waals surface area contributed by atoms with Gasteiger partial charge in [-0.2, -0.15) is 5.10 Å². The number of halogens is 1. The van der Waals surface area contributed by atoms with Crippen LogP contribution in [0.1, 0.15) is 30.5 Å². The quantitative estimate of drug-likeness (QED) is 0.319. The van der Waals surface area contributed by atoms with Gasteiger partial charge in [-0.05, 0) is 87.4 Å². The Morgan fingerprint density at radius 2 is 1.71 bits per heavy atom. The Bertz CT molecular complexity index is 1310. The van der Waals surface area contributed by atoms with Crippen molar-refractivity contribution in [3.05, 3.63) is 88.4 Å². The molecule has 0 aromatic heterocycles. The molecule has 3 aromatic carbocycles. The molecule has 184 valence electrons. The van der Waals surface area contributed by atoms with Crippen molar-refractivity contribution in [2.24, 2.45) is 5.10 Å². The number of anilines is 1. The number of rotatable bonds is 9. The number of benzene rings is 3. The average molecular weight is 514 g/mol. The first-order valence-electron chi connectivity index (χ1n) is 11.0. The van der Waals surface area contributed by atoms with Crippen LogP contribution in [0.4, 0.5) is 5.69 Å². The molecule has 3 rings (SSSR count). The minimum atomic E-state index is -4.05. The van der Waals surface area contributed by atoms with E-state index in [0.29, 0.717) is 16.3 Å². The smallest absolute Gasteiger partial charge is 0.264 e. The summed E-state index contributed by atoms with van der Waals surface area (Å²) in [6.45, 7) is 7.03. The van der Waals surface area contributed by atoms with Gasteiger partial charge in [-0.3, -0.25) is 9.10 Å². The molecule has 0 fully saturated rings. The van der Waals surface area contributed by atoms with Crippen LogP contribution in [0.2, 0.25) is 5.02 Å². The highest BCUT2D eigenvalue weighted by atomic mass is 35.5. The zero-order valence-electron chi connectivity index (χ0n) is 20.0. The second kappa shape index (κ2) is 11.4. The first-order valence-corrected chi connectivity index (χ1v) is 12.8. The maximum Gasteiger partial charge on any atom is 0.264 e. The second-order valence-electron chi connectivity index (χ2n) is 8.28. The number of amides is 1. The summed E-state index contributed by atoms with van der Waals surface area (Å²) in [4.78, 5) is 12.8. The van der Waals surface area contributed by atoms with E-state index in [9.17, 15) is 13.2 Å². The Morgan fingerprint density at radius 1 is 1.06 bits per heavy atom. The maximum atomic E-state index is 13.5. The fourth-order valence-electron chi connectivity index (χ4n) is 3.24. The zero-order chi connectivity index (χ0) is 25.6. The van der Waals surface area contributed by atoms with Crippen LogP contribution in [-0.4, -0.2) is 33.2 Å². The highest BCUT2D eigenvalue weighted by molar-refractivity contribution is 7.92. The normalized spacial score (nSPS) is 11.6. The van der Waals surface area contributed by atoms with Gasteiger partial charge >= 0.3 is 0 Å².